The smallest absolute Gasteiger partial charge is 0.301 e. The molecule has 2 aromatic rings. The molecule has 0 unspecified atom stereocenters. The van der Waals surface area contributed by atoms with Crippen molar-refractivity contribution in [1.29, 1.82) is 0 Å². The first kappa shape index (κ1) is 22.9. The highest BCUT2D eigenvalue weighted by atomic mass is 16.6. The molecule has 0 saturated heterocycles. The highest BCUT2D eigenvalue weighted by Gasteiger charge is 2.29. The highest BCUT2D eigenvalue weighted by molar-refractivity contribution is 6.06. The zero-order valence-corrected chi connectivity index (χ0v) is 18.1. The second-order valence-corrected chi connectivity index (χ2v) is 8.42. The van der Waals surface area contributed by atoms with Crippen molar-refractivity contribution in [3.63, 3.8) is 0 Å². The summed E-state index contributed by atoms with van der Waals surface area (Å²) in [6, 6.07) is 3.28. The van der Waals surface area contributed by atoms with E-state index < -0.39 is 21.4 Å². The number of nitro benzene ring substituents is 2. The Morgan fingerprint density at radius 2 is 1.88 bits per heavy atom. The molecule has 12 heteroatoms. The van der Waals surface area contributed by atoms with Gasteiger partial charge in [-0.25, -0.2) is 5.43 Å². The molecule has 0 bridgehead atoms. The van der Waals surface area contributed by atoms with Gasteiger partial charge in [0.25, 0.3) is 5.69 Å². The SMILES string of the molecule is Cc1c(C(=O)NNC(C)(C)C)oc2c1/C(=N/Nc1ccc([N+](=O)[O-])cc1[N+](=O)[O-])CCC2. The molecule has 12 nitrogen and oxygen atoms in total. The number of anilines is 1. The normalized spacial score (nSPS) is 14.7. The summed E-state index contributed by atoms with van der Waals surface area (Å²) in [7, 11) is 0. The van der Waals surface area contributed by atoms with Crippen LogP contribution in [0, 0.1) is 27.2 Å². The molecule has 1 heterocycles. The number of rotatable bonds is 6. The number of hydrazine groups is 1. The molecule has 170 valence electrons. The number of hydrazone groups is 1. The molecule has 0 aliphatic heterocycles. The van der Waals surface area contributed by atoms with Gasteiger partial charge in [0, 0.05) is 29.2 Å². The van der Waals surface area contributed by atoms with Crippen molar-refractivity contribution in [1.82, 2.24) is 10.9 Å². The van der Waals surface area contributed by atoms with Crippen molar-refractivity contribution in [2.45, 2.75) is 52.5 Å². The second kappa shape index (κ2) is 8.75. The van der Waals surface area contributed by atoms with E-state index in [-0.39, 0.29) is 22.7 Å². The number of benzene rings is 1. The lowest BCUT2D eigenvalue weighted by atomic mass is 9.93. The lowest BCUT2D eigenvalue weighted by Crippen LogP contribution is -2.48. The Balaban J connectivity index is 1.90. The summed E-state index contributed by atoms with van der Waals surface area (Å²) in [4.78, 5) is 33.4. The number of hydrogen-bond donors (Lipinski definition) is 3. The number of amides is 1. The predicted molar refractivity (Wildman–Crippen MR) is 117 cm³/mol. The van der Waals surface area contributed by atoms with E-state index in [9.17, 15) is 25.0 Å². The molecule has 0 spiro atoms. The molecule has 0 fully saturated rings. The number of carbonyl (C=O) groups is 1. The Hall–Kier alpha value is -3.80. The maximum absolute atomic E-state index is 12.6. The lowest BCUT2D eigenvalue weighted by molar-refractivity contribution is -0.393. The standard InChI is InChI=1S/C20H24N6O6/c1-11-17-14(22-21-13-9-8-12(25(28)29)10-15(13)26(30)31)6-5-7-16(17)32-18(11)19(27)23-24-20(2,3)4/h8-10,21,24H,5-7H2,1-4H3,(H,23,27)/b22-14+. The number of non-ortho nitro benzene ring substituents is 1. The third-order valence-electron chi connectivity index (χ3n) is 4.78. The maximum atomic E-state index is 12.6. The number of nitrogens with zero attached hydrogens (tertiary/aromatic N) is 3. The molecule has 3 N–H and O–H groups in total. The fraction of sp³-hybridized carbons (Fsp3) is 0.400. The Morgan fingerprint density at radius 3 is 2.50 bits per heavy atom. The minimum absolute atomic E-state index is 0.0220. The van der Waals surface area contributed by atoms with Crippen LogP contribution in [0.25, 0.3) is 0 Å². The number of aryl methyl sites for hydroxylation is 1. The zero-order valence-electron chi connectivity index (χ0n) is 18.1. The van der Waals surface area contributed by atoms with E-state index in [4.69, 9.17) is 4.42 Å². The van der Waals surface area contributed by atoms with E-state index in [1.807, 2.05) is 20.8 Å². The minimum atomic E-state index is -0.713. The first-order valence-electron chi connectivity index (χ1n) is 9.93. The maximum Gasteiger partial charge on any atom is 0.301 e. The van der Waals surface area contributed by atoms with Crippen molar-refractivity contribution in [2.24, 2.45) is 5.10 Å². The van der Waals surface area contributed by atoms with Gasteiger partial charge in [-0.2, -0.15) is 5.10 Å². The molecule has 0 radical (unpaired) electrons. The van der Waals surface area contributed by atoms with Gasteiger partial charge in [-0.05, 0) is 46.6 Å². The molecule has 32 heavy (non-hydrogen) atoms. The van der Waals surface area contributed by atoms with Crippen molar-refractivity contribution in [3.05, 3.63) is 61.1 Å². The van der Waals surface area contributed by atoms with E-state index in [0.717, 1.165) is 18.6 Å². The molecule has 1 aliphatic rings. The van der Waals surface area contributed by atoms with Gasteiger partial charge >= 0.3 is 11.6 Å². The zero-order chi connectivity index (χ0) is 23.6. The molecule has 1 amide bonds. The van der Waals surface area contributed by atoms with Crippen LogP contribution in [0.4, 0.5) is 17.1 Å². The summed E-state index contributed by atoms with van der Waals surface area (Å²) in [6.07, 6.45) is 1.93. The molecule has 0 saturated carbocycles. The fourth-order valence-corrected chi connectivity index (χ4v) is 3.30. The second-order valence-electron chi connectivity index (χ2n) is 8.42. The summed E-state index contributed by atoms with van der Waals surface area (Å²) in [5.74, 6) is 0.376. The third kappa shape index (κ3) is 4.91. The quantitative estimate of drug-likeness (QED) is 0.449. The molecule has 1 aromatic carbocycles. The van der Waals surface area contributed by atoms with Crippen molar-refractivity contribution < 1.29 is 19.1 Å². The molecular formula is C20H24N6O6. The van der Waals surface area contributed by atoms with E-state index in [2.05, 4.69) is 21.4 Å². The Bertz CT molecular complexity index is 1110. The first-order chi connectivity index (χ1) is 15.0. The summed E-state index contributed by atoms with van der Waals surface area (Å²) < 4.78 is 5.81. The van der Waals surface area contributed by atoms with Crippen LogP contribution in [-0.2, 0) is 6.42 Å². The van der Waals surface area contributed by atoms with Gasteiger partial charge in [0.1, 0.15) is 11.4 Å². The Kier molecular flexibility index (Phi) is 6.25. The van der Waals surface area contributed by atoms with E-state index in [0.29, 0.717) is 35.4 Å². The fourth-order valence-electron chi connectivity index (χ4n) is 3.30. The van der Waals surface area contributed by atoms with Crippen molar-refractivity contribution in [2.75, 3.05) is 5.43 Å². The minimum Gasteiger partial charge on any atom is -0.455 e. The number of furan rings is 1. The van der Waals surface area contributed by atoms with E-state index in [1.54, 1.807) is 6.92 Å². The molecule has 1 aromatic heterocycles. The first-order valence-corrected chi connectivity index (χ1v) is 9.93. The van der Waals surface area contributed by atoms with Crippen LogP contribution in [-0.4, -0.2) is 27.0 Å². The Labute approximate surface area is 183 Å². The molecule has 0 atom stereocenters. The van der Waals surface area contributed by atoms with Gasteiger partial charge in [-0.1, -0.05) is 0 Å². The number of nitrogens with one attached hydrogen (secondary N) is 3. The predicted octanol–water partition coefficient (Wildman–Crippen LogP) is 3.59. The third-order valence-corrected chi connectivity index (χ3v) is 4.78. The average molecular weight is 444 g/mol. The topological polar surface area (TPSA) is 165 Å². The summed E-state index contributed by atoms with van der Waals surface area (Å²) in [5.41, 5.74) is 8.92. The van der Waals surface area contributed by atoms with Gasteiger partial charge in [0.2, 0.25) is 0 Å². The van der Waals surface area contributed by atoms with Crippen LogP contribution in [0.15, 0.2) is 27.7 Å². The monoisotopic (exact) mass is 444 g/mol. The van der Waals surface area contributed by atoms with Crippen LogP contribution in [0.2, 0.25) is 0 Å². The molecular weight excluding hydrogens is 420 g/mol. The summed E-state index contributed by atoms with van der Waals surface area (Å²) in [6.45, 7) is 7.47. The number of fused-ring (bicyclic) bond motifs is 1. The average Bonchev–Trinajstić information content (AvgIpc) is 3.07. The van der Waals surface area contributed by atoms with Gasteiger partial charge in [-0.3, -0.25) is 35.9 Å². The number of hydrogen-bond acceptors (Lipinski definition) is 9. The van der Waals surface area contributed by atoms with Crippen LogP contribution in [0.1, 0.15) is 61.1 Å². The summed E-state index contributed by atoms with van der Waals surface area (Å²) in [5, 5.41) is 26.6. The van der Waals surface area contributed by atoms with Gasteiger partial charge in [0.05, 0.1) is 21.6 Å². The lowest BCUT2D eigenvalue weighted by Gasteiger charge is -2.20. The molecule has 1 aliphatic carbocycles. The van der Waals surface area contributed by atoms with Gasteiger partial charge in [-0.15, -0.1) is 0 Å². The number of carbonyl (C=O) groups excluding carboxylic acids is 1. The van der Waals surface area contributed by atoms with Crippen LogP contribution < -0.4 is 16.3 Å². The number of nitro groups is 2. The summed E-state index contributed by atoms with van der Waals surface area (Å²) >= 11 is 0. The van der Waals surface area contributed by atoms with Crippen LogP contribution >= 0.6 is 0 Å². The Morgan fingerprint density at radius 1 is 1.16 bits per heavy atom. The van der Waals surface area contributed by atoms with Crippen LogP contribution in [0.3, 0.4) is 0 Å². The van der Waals surface area contributed by atoms with Gasteiger partial charge in [0.15, 0.2) is 5.76 Å². The largest absolute Gasteiger partial charge is 0.455 e. The van der Waals surface area contributed by atoms with Crippen molar-refractivity contribution >= 4 is 28.7 Å². The molecule has 3 rings (SSSR count). The van der Waals surface area contributed by atoms with Crippen molar-refractivity contribution in [3.8, 4) is 0 Å². The van der Waals surface area contributed by atoms with Crippen LogP contribution in [0.5, 0.6) is 0 Å². The van der Waals surface area contributed by atoms with Gasteiger partial charge < -0.3 is 4.42 Å². The van der Waals surface area contributed by atoms with E-state index >= 15 is 0 Å². The highest BCUT2D eigenvalue weighted by Crippen LogP contribution is 2.32. The van der Waals surface area contributed by atoms with E-state index in [1.165, 1.54) is 6.07 Å².